The van der Waals surface area contributed by atoms with Crippen LogP contribution in [-0.2, 0) is 0 Å². The zero-order valence-corrected chi connectivity index (χ0v) is 13.7. The van der Waals surface area contributed by atoms with Crippen LogP contribution in [0.15, 0.2) is 42.5 Å². The van der Waals surface area contributed by atoms with Crippen molar-refractivity contribution in [1.29, 1.82) is 0 Å². The molecule has 0 atom stereocenters. The third kappa shape index (κ3) is 2.46. The predicted octanol–water partition coefficient (Wildman–Crippen LogP) is 5.23. The van der Waals surface area contributed by atoms with Gasteiger partial charge < -0.3 is 4.90 Å². The van der Waals surface area contributed by atoms with Gasteiger partial charge in [-0.3, -0.25) is 0 Å². The molecular formula is C18H22BrN. The molecule has 1 aliphatic rings. The second-order valence-electron chi connectivity index (χ2n) is 6.00. The lowest BCUT2D eigenvalue weighted by Crippen LogP contribution is -2.43. The molecule has 0 aliphatic heterocycles. The first-order valence-corrected chi connectivity index (χ1v) is 8.69. The number of benzene rings is 2. The van der Waals surface area contributed by atoms with Gasteiger partial charge in [0, 0.05) is 29.5 Å². The van der Waals surface area contributed by atoms with E-state index >= 15 is 0 Å². The highest BCUT2D eigenvalue weighted by atomic mass is 79.9. The highest BCUT2D eigenvalue weighted by Gasteiger charge is 2.37. The minimum Gasteiger partial charge on any atom is -0.371 e. The fraction of sp³-hybridized carbons (Fsp3) is 0.444. The molecule has 0 saturated heterocycles. The summed E-state index contributed by atoms with van der Waals surface area (Å²) in [7, 11) is 0. The summed E-state index contributed by atoms with van der Waals surface area (Å²) in [5.41, 5.74) is 1.88. The zero-order valence-electron chi connectivity index (χ0n) is 12.1. The van der Waals surface area contributed by atoms with Crippen LogP contribution in [0.1, 0.15) is 26.2 Å². The predicted molar refractivity (Wildman–Crippen MR) is 91.9 cm³/mol. The molecule has 0 aromatic heterocycles. The number of fused-ring (bicyclic) bond motifs is 1. The zero-order chi connectivity index (χ0) is 14.0. The molecule has 1 nitrogen and oxygen atoms in total. The minimum atomic E-state index is 0.493. The molecule has 0 heterocycles. The summed E-state index contributed by atoms with van der Waals surface area (Å²) < 4.78 is 0. The van der Waals surface area contributed by atoms with Crippen LogP contribution in [0.5, 0.6) is 0 Å². The first-order valence-electron chi connectivity index (χ1n) is 7.57. The second kappa shape index (κ2) is 5.77. The standard InChI is InChI=1S/C18H22BrN/c1-2-20(14-18(13-19)11-6-12-18)17-10-5-8-15-7-3-4-9-16(15)17/h3-5,7-10H,2,6,11-14H2,1H3. The third-order valence-corrected chi connectivity index (χ3v) is 5.90. The van der Waals surface area contributed by atoms with Crippen LogP contribution >= 0.6 is 15.9 Å². The second-order valence-corrected chi connectivity index (χ2v) is 6.56. The monoisotopic (exact) mass is 331 g/mol. The van der Waals surface area contributed by atoms with Gasteiger partial charge in [0.15, 0.2) is 0 Å². The van der Waals surface area contributed by atoms with Crippen molar-refractivity contribution < 1.29 is 0 Å². The van der Waals surface area contributed by atoms with Crippen LogP contribution in [0.2, 0.25) is 0 Å². The van der Waals surface area contributed by atoms with Crippen LogP contribution in [0, 0.1) is 5.41 Å². The SMILES string of the molecule is CCN(CC1(CBr)CCC1)c1cccc2ccccc12. The van der Waals surface area contributed by atoms with E-state index in [0.29, 0.717) is 5.41 Å². The van der Waals surface area contributed by atoms with E-state index in [1.54, 1.807) is 0 Å². The summed E-state index contributed by atoms with van der Waals surface area (Å²) in [4.78, 5) is 2.56. The molecule has 106 valence electrons. The van der Waals surface area contributed by atoms with Gasteiger partial charge >= 0.3 is 0 Å². The summed E-state index contributed by atoms with van der Waals surface area (Å²) in [6.45, 7) is 4.51. The van der Waals surface area contributed by atoms with E-state index in [-0.39, 0.29) is 0 Å². The Bertz CT molecular complexity index is 578. The average molecular weight is 332 g/mol. The van der Waals surface area contributed by atoms with Crippen molar-refractivity contribution in [2.45, 2.75) is 26.2 Å². The first-order chi connectivity index (χ1) is 9.78. The number of hydrogen-bond donors (Lipinski definition) is 0. The van der Waals surface area contributed by atoms with Crippen LogP contribution in [0.25, 0.3) is 10.8 Å². The van der Waals surface area contributed by atoms with Crippen molar-refractivity contribution in [3.63, 3.8) is 0 Å². The highest BCUT2D eigenvalue weighted by molar-refractivity contribution is 9.09. The van der Waals surface area contributed by atoms with E-state index < -0.39 is 0 Å². The van der Waals surface area contributed by atoms with E-state index in [1.165, 1.54) is 42.3 Å². The Kier molecular flexibility index (Phi) is 4.02. The van der Waals surface area contributed by atoms with Gasteiger partial charge in [0.1, 0.15) is 0 Å². The molecule has 1 aliphatic carbocycles. The molecule has 2 aromatic carbocycles. The van der Waals surface area contributed by atoms with Gasteiger partial charge in [-0.05, 0) is 36.6 Å². The van der Waals surface area contributed by atoms with Gasteiger partial charge in [0.05, 0.1) is 0 Å². The van der Waals surface area contributed by atoms with Crippen molar-refractivity contribution in [3.05, 3.63) is 42.5 Å². The number of anilines is 1. The van der Waals surface area contributed by atoms with Gasteiger partial charge in [-0.25, -0.2) is 0 Å². The van der Waals surface area contributed by atoms with E-state index in [4.69, 9.17) is 0 Å². The van der Waals surface area contributed by atoms with E-state index in [0.717, 1.165) is 11.9 Å². The molecule has 2 heteroatoms. The lowest BCUT2D eigenvalue weighted by atomic mass is 9.70. The van der Waals surface area contributed by atoms with Gasteiger partial charge in [-0.1, -0.05) is 58.7 Å². The van der Waals surface area contributed by atoms with Gasteiger partial charge in [-0.15, -0.1) is 0 Å². The Balaban J connectivity index is 1.95. The number of alkyl halides is 1. The van der Waals surface area contributed by atoms with Crippen molar-refractivity contribution >= 4 is 32.4 Å². The largest absolute Gasteiger partial charge is 0.371 e. The molecule has 3 rings (SSSR count). The molecule has 0 amide bonds. The summed E-state index contributed by atoms with van der Waals surface area (Å²) in [5, 5.41) is 3.84. The van der Waals surface area contributed by atoms with Crippen LogP contribution in [-0.4, -0.2) is 18.4 Å². The van der Waals surface area contributed by atoms with Crippen LogP contribution in [0.4, 0.5) is 5.69 Å². The molecular weight excluding hydrogens is 310 g/mol. The summed E-state index contributed by atoms with van der Waals surface area (Å²) >= 11 is 3.74. The maximum absolute atomic E-state index is 3.74. The molecule has 1 saturated carbocycles. The normalized spacial score (nSPS) is 16.9. The van der Waals surface area contributed by atoms with E-state index in [1.807, 2.05) is 0 Å². The highest BCUT2D eigenvalue weighted by Crippen LogP contribution is 2.44. The Morgan fingerprint density at radius 3 is 2.50 bits per heavy atom. The summed E-state index contributed by atoms with van der Waals surface area (Å²) in [5.74, 6) is 0. The molecule has 0 bridgehead atoms. The number of nitrogens with zero attached hydrogens (tertiary/aromatic N) is 1. The number of rotatable bonds is 5. The van der Waals surface area contributed by atoms with Gasteiger partial charge in [0.25, 0.3) is 0 Å². The summed E-state index contributed by atoms with van der Waals surface area (Å²) in [6, 6.07) is 15.4. The average Bonchev–Trinajstić information content (AvgIpc) is 2.47. The topological polar surface area (TPSA) is 3.24 Å². The third-order valence-electron chi connectivity index (χ3n) is 4.71. The Morgan fingerprint density at radius 2 is 1.85 bits per heavy atom. The molecule has 0 spiro atoms. The Hall–Kier alpha value is -1.02. The van der Waals surface area contributed by atoms with Crippen LogP contribution in [0.3, 0.4) is 0 Å². The van der Waals surface area contributed by atoms with Crippen molar-refractivity contribution in [3.8, 4) is 0 Å². The fourth-order valence-electron chi connectivity index (χ4n) is 3.27. The molecule has 0 unspecified atom stereocenters. The Labute approximate surface area is 130 Å². The maximum atomic E-state index is 3.74. The minimum absolute atomic E-state index is 0.493. The fourth-order valence-corrected chi connectivity index (χ4v) is 4.01. The van der Waals surface area contributed by atoms with E-state index in [9.17, 15) is 0 Å². The lowest BCUT2D eigenvalue weighted by molar-refractivity contribution is 0.177. The van der Waals surface area contributed by atoms with E-state index in [2.05, 4.69) is 70.2 Å². The Morgan fingerprint density at radius 1 is 1.10 bits per heavy atom. The molecule has 2 aromatic rings. The van der Waals surface area contributed by atoms with Crippen molar-refractivity contribution in [2.24, 2.45) is 5.41 Å². The van der Waals surface area contributed by atoms with Gasteiger partial charge in [-0.2, -0.15) is 0 Å². The molecule has 0 radical (unpaired) electrons. The first kappa shape index (κ1) is 13.9. The number of halogens is 1. The molecule has 1 fully saturated rings. The molecule has 20 heavy (non-hydrogen) atoms. The van der Waals surface area contributed by atoms with Crippen LogP contribution < -0.4 is 4.90 Å². The van der Waals surface area contributed by atoms with Crippen molar-refractivity contribution in [2.75, 3.05) is 23.3 Å². The number of hydrogen-bond acceptors (Lipinski definition) is 1. The van der Waals surface area contributed by atoms with Crippen molar-refractivity contribution in [1.82, 2.24) is 0 Å². The molecule has 0 N–H and O–H groups in total. The summed E-state index contributed by atoms with van der Waals surface area (Å²) in [6.07, 6.45) is 4.11. The smallest absolute Gasteiger partial charge is 0.0445 e. The maximum Gasteiger partial charge on any atom is 0.0445 e. The van der Waals surface area contributed by atoms with Gasteiger partial charge in [0.2, 0.25) is 0 Å². The lowest BCUT2D eigenvalue weighted by Gasteiger charge is -2.44. The quantitative estimate of drug-likeness (QED) is 0.678.